The van der Waals surface area contributed by atoms with Crippen molar-refractivity contribution in [2.45, 2.75) is 89.9 Å². The number of H-pyrrole nitrogens is 2. The molecular weight excluding hydrogens is 719 g/mol. The lowest BCUT2D eigenvalue weighted by Crippen LogP contribution is -2.51. The third kappa shape index (κ3) is 6.64. The van der Waals surface area contributed by atoms with E-state index in [0.29, 0.717) is 13.2 Å². The molecule has 57 heavy (non-hydrogen) atoms. The topological polar surface area (TPSA) is 146 Å². The van der Waals surface area contributed by atoms with Gasteiger partial charge < -0.3 is 34.6 Å². The van der Waals surface area contributed by atoms with Crippen molar-refractivity contribution >= 4 is 17.9 Å². The minimum atomic E-state index is -0.685. The molecule has 2 aromatic heterocycles. The summed E-state index contributed by atoms with van der Waals surface area (Å²) in [5.41, 5.74) is 10.7. The summed E-state index contributed by atoms with van der Waals surface area (Å²) < 4.78 is 11.2. The first-order valence-corrected chi connectivity index (χ1v) is 20.3. The highest BCUT2D eigenvalue weighted by Gasteiger charge is 2.38. The van der Waals surface area contributed by atoms with Crippen molar-refractivity contribution in [3.63, 3.8) is 0 Å². The molecule has 12 heteroatoms. The highest BCUT2D eigenvalue weighted by atomic mass is 16.5. The van der Waals surface area contributed by atoms with Gasteiger partial charge in [-0.25, -0.2) is 14.8 Å². The number of aromatic nitrogens is 4. The number of aryl methyl sites for hydroxylation is 2. The van der Waals surface area contributed by atoms with Gasteiger partial charge in [0.05, 0.1) is 48.4 Å². The monoisotopic (exact) mass is 767 g/mol. The molecule has 3 N–H and O–H groups in total. The largest absolute Gasteiger partial charge is 0.488 e. The summed E-state index contributed by atoms with van der Waals surface area (Å²) in [5, 5.41) is 2.72. The molecule has 0 saturated carbocycles. The molecule has 5 aromatic rings. The number of nitrogens with zero attached hydrogens (tertiary/aromatic N) is 4. The van der Waals surface area contributed by atoms with E-state index in [2.05, 4.69) is 45.6 Å². The molecule has 3 aromatic carbocycles. The van der Waals surface area contributed by atoms with Crippen LogP contribution in [0, 0.1) is 5.92 Å². The number of alkyl carbamates (subject to hydrolysis) is 1. The minimum absolute atomic E-state index is 0.0641. The van der Waals surface area contributed by atoms with E-state index in [1.54, 1.807) is 0 Å². The third-order valence-corrected chi connectivity index (χ3v) is 12.4. The predicted octanol–water partition coefficient (Wildman–Crippen LogP) is 7.64. The first-order chi connectivity index (χ1) is 27.7. The molecule has 3 aliphatic heterocycles. The van der Waals surface area contributed by atoms with E-state index in [4.69, 9.17) is 19.4 Å². The molecule has 294 valence electrons. The van der Waals surface area contributed by atoms with Crippen LogP contribution in [0.2, 0.25) is 0 Å². The Kier molecular flexibility index (Phi) is 9.58. The number of amides is 3. The van der Waals surface area contributed by atoms with Crippen molar-refractivity contribution in [2.75, 3.05) is 20.2 Å². The number of likely N-dealkylation sites (tertiary alicyclic amines) is 2. The Morgan fingerprint density at radius 1 is 0.842 bits per heavy atom. The molecule has 0 bridgehead atoms. The molecule has 4 aliphatic rings. The highest BCUT2D eigenvalue weighted by Crippen LogP contribution is 2.46. The number of aromatic amines is 2. The van der Waals surface area contributed by atoms with E-state index in [1.807, 2.05) is 67.1 Å². The molecule has 3 amide bonds. The number of benzene rings is 3. The second-order valence-corrected chi connectivity index (χ2v) is 16.2. The molecule has 5 heterocycles. The highest BCUT2D eigenvalue weighted by molar-refractivity contribution is 5.87. The van der Waals surface area contributed by atoms with Gasteiger partial charge in [0, 0.05) is 24.2 Å². The number of hydrogen-bond donors (Lipinski definition) is 3. The number of nitrogens with one attached hydrogen (secondary N) is 3. The third-order valence-electron chi connectivity index (χ3n) is 12.4. The van der Waals surface area contributed by atoms with Gasteiger partial charge in [-0.1, -0.05) is 56.3 Å². The Bertz CT molecular complexity index is 2350. The summed E-state index contributed by atoms with van der Waals surface area (Å²) in [5.74, 6) is 2.16. The number of rotatable bonds is 8. The van der Waals surface area contributed by atoms with Crippen LogP contribution < -0.4 is 10.1 Å². The summed E-state index contributed by atoms with van der Waals surface area (Å²) in [7, 11) is 1.30. The van der Waals surface area contributed by atoms with Crippen LogP contribution in [0.5, 0.6) is 5.75 Å². The molecule has 2 saturated heterocycles. The standard InChI is InChI=1S/C45H49N7O5/c1-25(2)39(50-45(55)56-4)44(54)52-19-8-12-36(52)41-46-23-35(48-41)29-14-16-31-30(20-29)24-57-38-22-32-28(21-33(31)38)15-17-34-40(32)49-42(47-34)37-13-9-18-51(37)43(53)26(3)27-10-6-5-7-11-27/h5-7,10-11,14,16,20-23,25-26,36-37,39H,8-9,12-13,15,17-19,24H2,1-4H3,(H,46,48)(H,47,49)(H,50,55)/t26-,36+,37+,39+/m1/s1. The normalized spacial score (nSPS) is 19.2. The lowest BCUT2D eigenvalue weighted by molar-refractivity contribution is -0.135. The van der Waals surface area contributed by atoms with Crippen LogP contribution in [0.25, 0.3) is 33.6 Å². The molecule has 0 unspecified atom stereocenters. The predicted molar refractivity (Wildman–Crippen MR) is 215 cm³/mol. The summed E-state index contributed by atoms with van der Waals surface area (Å²) >= 11 is 0. The van der Waals surface area contributed by atoms with E-state index >= 15 is 0 Å². The maximum atomic E-state index is 13.7. The summed E-state index contributed by atoms with van der Waals surface area (Å²) in [6, 6.07) is 19.9. The number of fused-ring (bicyclic) bond motifs is 6. The second-order valence-electron chi connectivity index (χ2n) is 16.2. The maximum Gasteiger partial charge on any atom is 0.407 e. The van der Waals surface area contributed by atoms with Crippen LogP contribution in [0.4, 0.5) is 4.79 Å². The minimum Gasteiger partial charge on any atom is -0.488 e. The van der Waals surface area contributed by atoms with Crippen molar-refractivity contribution in [2.24, 2.45) is 5.92 Å². The van der Waals surface area contributed by atoms with Gasteiger partial charge >= 0.3 is 6.09 Å². The number of carbonyl (C=O) groups excluding carboxylic acids is 3. The molecule has 1 aliphatic carbocycles. The van der Waals surface area contributed by atoms with E-state index in [0.717, 1.165) is 113 Å². The van der Waals surface area contributed by atoms with Gasteiger partial charge in [-0.2, -0.15) is 0 Å². The van der Waals surface area contributed by atoms with Crippen molar-refractivity contribution in [1.82, 2.24) is 35.1 Å². The Balaban J connectivity index is 0.936. The van der Waals surface area contributed by atoms with E-state index in [-0.39, 0.29) is 35.7 Å². The van der Waals surface area contributed by atoms with Crippen molar-refractivity contribution in [3.8, 4) is 39.4 Å². The van der Waals surface area contributed by atoms with E-state index < -0.39 is 12.1 Å². The van der Waals surface area contributed by atoms with E-state index in [1.165, 1.54) is 12.7 Å². The van der Waals surface area contributed by atoms with Crippen LogP contribution in [0.15, 0.2) is 66.9 Å². The van der Waals surface area contributed by atoms with Gasteiger partial charge in [0.15, 0.2) is 0 Å². The van der Waals surface area contributed by atoms with Crippen molar-refractivity contribution < 1.29 is 23.9 Å². The summed E-state index contributed by atoms with van der Waals surface area (Å²) in [6.45, 7) is 7.60. The molecule has 4 atom stereocenters. The van der Waals surface area contributed by atoms with Crippen LogP contribution in [-0.2, 0) is 33.8 Å². The van der Waals surface area contributed by atoms with Crippen molar-refractivity contribution in [3.05, 3.63) is 101 Å². The average molecular weight is 768 g/mol. The van der Waals surface area contributed by atoms with Crippen molar-refractivity contribution in [1.29, 1.82) is 0 Å². The zero-order valence-electron chi connectivity index (χ0n) is 32.9. The van der Waals surface area contributed by atoms with Crippen LogP contribution in [0.3, 0.4) is 0 Å². The number of imidazole rings is 2. The molecule has 0 spiro atoms. The Morgan fingerprint density at radius 3 is 2.35 bits per heavy atom. The van der Waals surface area contributed by atoms with Gasteiger partial charge in [-0.15, -0.1) is 0 Å². The number of methoxy groups -OCH3 is 1. The maximum absolute atomic E-state index is 13.7. The molecule has 9 rings (SSSR count). The quantitative estimate of drug-likeness (QED) is 0.147. The summed E-state index contributed by atoms with van der Waals surface area (Å²) in [4.78, 5) is 60.3. The van der Waals surface area contributed by atoms with Gasteiger partial charge in [-0.05, 0) is 97.4 Å². The van der Waals surface area contributed by atoms with Gasteiger partial charge in [0.2, 0.25) is 11.8 Å². The zero-order valence-corrected chi connectivity index (χ0v) is 32.9. The molecule has 12 nitrogen and oxygen atoms in total. The zero-order chi connectivity index (χ0) is 39.4. The smallest absolute Gasteiger partial charge is 0.407 e. The fourth-order valence-electron chi connectivity index (χ4n) is 9.23. The average Bonchev–Trinajstić information content (AvgIpc) is 4.07. The van der Waals surface area contributed by atoms with Crippen LogP contribution in [-0.4, -0.2) is 73.9 Å². The Morgan fingerprint density at radius 2 is 1.60 bits per heavy atom. The Labute approximate surface area is 332 Å². The van der Waals surface area contributed by atoms with Gasteiger partial charge in [-0.3, -0.25) is 9.59 Å². The van der Waals surface area contributed by atoms with Crippen LogP contribution >= 0.6 is 0 Å². The number of carbonyl (C=O) groups is 3. The van der Waals surface area contributed by atoms with Gasteiger partial charge in [0.25, 0.3) is 0 Å². The molecule has 2 fully saturated rings. The van der Waals surface area contributed by atoms with Gasteiger partial charge in [0.1, 0.15) is 30.0 Å². The fraction of sp³-hybridized carbons (Fsp3) is 0.400. The Hall–Kier alpha value is -5.91. The first-order valence-electron chi connectivity index (χ1n) is 20.3. The summed E-state index contributed by atoms with van der Waals surface area (Å²) in [6.07, 6.45) is 6.42. The SMILES string of the molecule is COC(=O)N[C@H](C(=O)N1CCC[C@H]1c1ncc(-c2ccc3c(c2)COc2cc4c(cc2-3)CCc2nc([C@@H]3CCCN3C(=O)[C@H](C)c3ccccc3)[nH]c2-4)[nH]1)C(C)C. The lowest BCUT2D eigenvalue weighted by atomic mass is 9.86. The first kappa shape index (κ1) is 36.7. The fourth-order valence-corrected chi connectivity index (χ4v) is 9.23. The lowest BCUT2D eigenvalue weighted by Gasteiger charge is -2.30. The van der Waals surface area contributed by atoms with E-state index in [9.17, 15) is 14.4 Å². The molecular formula is C45H49N7O5. The second kappa shape index (κ2) is 14.9. The molecule has 0 radical (unpaired) electrons. The number of hydrogen-bond acceptors (Lipinski definition) is 7. The van der Waals surface area contributed by atoms with Crippen LogP contribution in [0.1, 0.15) is 98.5 Å². The number of ether oxygens (including phenoxy) is 2.